The number of carbonyl (C=O) groups is 3. The molecule has 1 unspecified atom stereocenters. The molecule has 0 spiro atoms. The summed E-state index contributed by atoms with van der Waals surface area (Å²) >= 11 is 0. The van der Waals surface area contributed by atoms with Crippen LogP contribution in [0.1, 0.15) is 27.0 Å². The minimum Gasteiger partial charge on any atom is -0.488 e. The molecule has 3 aliphatic heterocycles. The SMILES string of the molecule is BC1(B)c2c(OCc3ccc(CN4CCOCC4)cc3F)cccc2C(=O)N1C1(B)C(=O)NC(=O)C(B)(B)C1(B)B. The molecule has 3 heterocycles. The van der Waals surface area contributed by atoms with Gasteiger partial charge in [-0.2, -0.15) is 0 Å². The van der Waals surface area contributed by atoms with Crippen molar-refractivity contribution < 1.29 is 28.2 Å². The van der Waals surface area contributed by atoms with Crippen LogP contribution >= 0.6 is 0 Å². The van der Waals surface area contributed by atoms with E-state index in [9.17, 15) is 14.4 Å². The van der Waals surface area contributed by atoms with Crippen molar-refractivity contribution in [3.8, 4) is 5.75 Å². The molecule has 5 rings (SSSR count). The number of halogens is 1. The number of rotatable bonds is 6. The highest BCUT2D eigenvalue weighted by molar-refractivity contribution is 6.67. The second-order valence-corrected chi connectivity index (χ2v) is 13.1. The molecule has 2 aromatic carbocycles. The molecule has 2 saturated heterocycles. The molecule has 1 atom stereocenters. The van der Waals surface area contributed by atoms with Gasteiger partial charge >= 0.3 is 0 Å². The second kappa shape index (κ2) is 10.2. The average Bonchev–Trinajstić information content (AvgIpc) is 3.12. The van der Waals surface area contributed by atoms with Gasteiger partial charge in [0.05, 0.1) is 18.7 Å². The van der Waals surface area contributed by atoms with Crippen LogP contribution in [0.3, 0.4) is 0 Å². The van der Waals surface area contributed by atoms with Gasteiger partial charge < -0.3 is 14.4 Å². The molecule has 2 fully saturated rings. The first-order valence-electron chi connectivity index (χ1n) is 14.2. The van der Waals surface area contributed by atoms with Crippen LogP contribution in [0, 0.1) is 5.82 Å². The lowest BCUT2D eigenvalue weighted by Gasteiger charge is -2.62. The highest BCUT2D eigenvalue weighted by atomic mass is 19.1. The lowest BCUT2D eigenvalue weighted by Crippen LogP contribution is -2.78. The molecule has 41 heavy (non-hydrogen) atoms. The van der Waals surface area contributed by atoms with Gasteiger partial charge in [-0.25, -0.2) is 4.39 Å². The van der Waals surface area contributed by atoms with Crippen LogP contribution in [0.2, 0.25) is 10.4 Å². The number of imide groups is 1. The Morgan fingerprint density at radius 1 is 0.951 bits per heavy atom. The molecule has 16 heteroatoms. The number of hydrogen-bond donors (Lipinski definition) is 1. The molecule has 0 aliphatic carbocycles. The first kappa shape index (κ1) is 29.6. The maximum Gasteiger partial charge on any atom is 0.254 e. The van der Waals surface area contributed by atoms with Crippen molar-refractivity contribution in [3.63, 3.8) is 0 Å². The van der Waals surface area contributed by atoms with Crippen LogP contribution in [0.4, 0.5) is 4.39 Å². The van der Waals surface area contributed by atoms with Crippen molar-refractivity contribution >= 4 is 72.6 Å². The highest BCUT2D eigenvalue weighted by Gasteiger charge is 2.67. The molecule has 3 amide bonds. The predicted molar refractivity (Wildman–Crippen MR) is 172 cm³/mol. The summed E-state index contributed by atoms with van der Waals surface area (Å²) in [5, 5.41) is -0.301. The lowest BCUT2D eigenvalue weighted by atomic mass is 9.21. The van der Waals surface area contributed by atoms with Gasteiger partial charge in [-0.15, -0.1) is 0 Å². The van der Waals surface area contributed by atoms with Gasteiger partial charge in [0.1, 0.15) is 73.1 Å². The topological polar surface area (TPSA) is 88.2 Å². The van der Waals surface area contributed by atoms with Gasteiger partial charge in [0, 0.05) is 41.7 Å². The van der Waals surface area contributed by atoms with E-state index in [1.165, 1.54) is 0 Å². The summed E-state index contributed by atoms with van der Waals surface area (Å²) in [6.45, 7) is 3.65. The number of morpholine rings is 1. The summed E-state index contributed by atoms with van der Waals surface area (Å²) in [5.41, 5.74) is 0.998. The van der Waals surface area contributed by atoms with Gasteiger partial charge in [-0.3, -0.25) is 24.6 Å². The lowest BCUT2D eigenvalue weighted by molar-refractivity contribution is -0.141. The Morgan fingerprint density at radius 3 is 2.29 bits per heavy atom. The summed E-state index contributed by atoms with van der Waals surface area (Å²) in [4.78, 5) is 44.3. The van der Waals surface area contributed by atoms with Crippen LogP contribution in [0.5, 0.6) is 5.75 Å². The molecule has 1 N–H and O–H groups in total. The fourth-order valence-corrected chi connectivity index (χ4v) is 6.63. The molecular formula is C25H33B7FN3O5. The molecule has 0 radical (unpaired) electrons. The van der Waals surface area contributed by atoms with Crippen molar-refractivity contribution in [2.24, 2.45) is 0 Å². The number of benzene rings is 2. The number of fused-ring (bicyclic) bond motifs is 1. The van der Waals surface area contributed by atoms with Crippen LogP contribution < -0.4 is 10.1 Å². The first-order chi connectivity index (χ1) is 19.1. The van der Waals surface area contributed by atoms with Gasteiger partial charge in [0.2, 0.25) is 11.8 Å². The summed E-state index contributed by atoms with van der Waals surface area (Å²) < 4.78 is 26.7. The molecule has 8 nitrogen and oxygen atoms in total. The summed E-state index contributed by atoms with van der Waals surface area (Å²) in [6, 6.07) is 10.4. The fourth-order valence-electron chi connectivity index (χ4n) is 6.63. The fraction of sp³-hybridized carbons (Fsp3) is 0.400. The van der Waals surface area contributed by atoms with E-state index in [0.717, 1.165) is 18.7 Å². The van der Waals surface area contributed by atoms with E-state index < -0.39 is 27.1 Å². The number of amides is 3. The molecule has 0 saturated carbocycles. The van der Waals surface area contributed by atoms with Crippen LogP contribution in [0.15, 0.2) is 36.4 Å². The Morgan fingerprint density at radius 2 is 1.63 bits per heavy atom. The van der Waals surface area contributed by atoms with Crippen molar-refractivity contribution in [1.29, 1.82) is 0 Å². The minimum atomic E-state index is -1.36. The third kappa shape index (κ3) is 4.49. The Hall–Kier alpha value is -2.85. The standard InChI is InChI=1S/C25H33B7FN3O5/c26-22(27)20(38)34-21(39)23(28,25(22,31)32)36-19(37)15-2-1-3-17(18(15)24(36,29)30)41-12-14-5-4-13(10-16(14)33)11-35-6-8-40-9-7-35/h1-5,10H,6-9,11-12,26-32H2,(H,34,38,39). The van der Waals surface area contributed by atoms with E-state index >= 15 is 4.39 Å². The number of carbonyl (C=O) groups excluding carboxylic acids is 3. The first-order valence-corrected chi connectivity index (χ1v) is 14.2. The smallest absolute Gasteiger partial charge is 0.254 e. The van der Waals surface area contributed by atoms with Crippen molar-refractivity contribution in [2.75, 3.05) is 26.3 Å². The predicted octanol–water partition coefficient (Wildman–Crippen LogP) is -5.18. The molecule has 0 aromatic heterocycles. The third-order valence-corrected chi connectivity index (χ3v) is 10.1. The Labute approximate surface area is 246 Å². The molecule has 0 bridgehead atoms. The third-order valence-electron chi connectivity index (χ3n) is 10.1. The summed E-state index contributed by atoms with van der Waals surface area (Å²) in [7, 11) is 12.8. The molecule has 3 aliphatic rings. The normalized spacial score (nSPS) is 25.0. The largest absolute Gasteiger partial charge is 0.488 e. The zero-order valence-corrected chi connectivity index (χ0v) is 25.0. The van der Waals surface area contributed by atoms with Gasteiger partial charge in [-0.1, -0.05) is 23.4 Å². The Bertz CT molecular complexity index is 1440. The highest BCUT2D eigenvalue weighted by Crippen LogP contribution is 2.57. The maximum absolute atomic E-state index is 15.1. The molecular weight excluding hydrogens is 517 g/mol. The van der Waals surface area contributed by atoms with Crippen LogP contribution in [0.25, 0.3) is 0 Å². The molecule has 2 aromatic rings. The summed E-state index contributed by atoms with van der Waals surface area (Å²) in [5.74, 6) is -1.09. The van der Waals surface area contributed by atoms with Gasteiger partial charge in [0.25, 0.3) is 5.91 Å². The Kier molecular flexibility index (Phi) is 7.34. The average molecular weight is 550 g/mol. The monoisotopic (exact) mass is 551 g/mol. The summed E-state index contributed by atoms with van der Waals surface area (Å²) in [6.07, 6.45) is 0. The van der Waals surface area contributed by atoms with Gasteiger partial charge in [-0.05, 0) is 29.0 Å². The zero-order valence-electron chi connectivity index (χ0n) is 25.0. The zero-order chi connectivity index (χ0) is 30.0. The second-order valence-electron chi connectivity index (χ2n) is 13.1. The van der Waals surface area contributed by atoms with Crippen molar-refractivity contribution in [2.45, 2.75) is 34.4 Å². The maximum atomic E-state index is 15.1. The number of hydrogen-bond acceptors (Lipinski definition) is 6. The number of nitrogens with zero attached hydrogens (tertiary/aromatic N) is 2. The van der Waals surface area contributed by atoms with E-state index in [0.29, 0.717) is 42.2 Å². The van der Waals surface area contributed by atoms with E-state index in [2.05, 4.69) is 10.2 Å². The van der Waals surface area contributed by atoms with Crippen molar-refractivity contribution in [3.05, 3.63) is 64.5 Å². The van der Waals surface area contributed by atoms with E-state index in [4.69, 9.17) is 9.47 Å². The van der Waals surface area contributed by atoms with Crippen LogP contribution in [-0.2, 0) is 32.8 Å². The Balaban J connectivity index is 1.43. The molecule has 206 valence electrons. The minimum absolute atomic E-state index is 0.0187. The van der Waals surface area contributed by atoms with Crippen molar-refractivity contribution in [1.82, 2.24) is 15.1 Å². The number of nitrogens with one attached hydrogen (secondary N) is 1. The van der Waals surface area contributed by atoms with E-state index in [1.54, 1.807) is 58.8 Å². The van der Waals surface area contributed by atoms with E-state index in [-0.39, 0.29) is 24.2 Å². The number of piperidine rings is 1. The number of ether oxygens (including phenoxy) is 2. The quantitative estimate of drug-likeness (QED) is 0.286. The van der Waals surface area contributed by atoms with Crippen LogP contribution in [-0.4, -0.2) is 114 Å². The van der Waals surface area contributed by atoms with Gasteiger partial charge in [0.15, 0.2) is 0 Å². The van der Waals surface area contributed by atoms with E-state index in [1.807, 2.05) is 37.5 Å².